The van der Waals surface area contributed by atoms with Gasteiger partial charge in [0.15, 0.2) is 0 Å². The second kappa shape index (κ2) is 5.27. The molecule has 0 aliphatic rings. The summed E-state index contributed by atoms with van der Waals surface area (Å²) >= 11 is 0.234. The quantitative estimate of drug-likeness (QED) is 0.833. The monoisotopic (exact) mass is 271 g/mol. The van der Waals surface area contributed by atoms with Crippen LogP contribution in [0.1, 0.15) is 5.01 Å². The van der Waals surface area contributed by atoms with Crippen LogP contribution >= 0.6 is 11.3 Å². The Morgan fingerprint density at radius 2 is 2.24 bits per heavy atom. The van der Waals surface area contributed by atoms with E-state index in [1.807, 2.05) is 0 Å². The Balaban J connectivity index is 2.74. The Morgan fingerprint density at radius 1 is 1.59 bits per heavy atom. The third kappa shape index (κ3) is 3.82. The number of carboxylic acid groups (broad SMARTS) is 1. The van der Waals surface area contributed by atoms with Gasteiger partial charge in [-0.2, -0.15) is 13.2 Å². The number of alkyl halides is 3. The molecule has 0 bridgehead atoms. The second-order valence-corrected chi connectivity index (χ2v) is 3.88. The smallest absolute Gasteiger partial charge is 0.445 e. The molecule has 17 heavy (non-hydrogen) atoms. The lowest BCUT2D eigenvalue weighted by Gasteiger charge is -2.11. The second-order valence-electron chi connectivity index (χ2n) is 2.90. The van der Waals surface area contributed by atoms with Crippen molar-refractivity contribution in [2.75, 3.05) is 19.0 Å². The molecule has 96 valence electrons. The van der Waals surface area contributed by atoms with Crippen molar-refractivity contribution in [3.05, 3.63) is 5.01 Å². The van der Waals surface area contributed by atoms with Crippen LogP contribution in [-0.4, -0.2) is 41.0 Å². The van der Waals surface area contributed by atoms with Gasteiger partial charge in [-0.05, 0) is 0 Å². The molecule has 10 heteroatoms. The van der Waals surface area contributed by atoms with Gasteiger partial charge >= 0.3 is 12.1 Å². The Hall–Kier alpha value is -1.42. The van der Waals surface area contributed by atoms with E-state index in [1.54, 1.807) is 0 Å². The number of rotatable bonds is 5. The Labute approximate surface area is 97.4 Å². The van der Waals surface area contributed by atoms with Gasteiger partial charge < -0.3 is 15.2 Å². The first kappa shape index (κ1) is 13.6. The van der Waals surface area contributed by atoms with Gasteiger partial charge in [0.25, 0.3) is 0 Å². The van der Waals surface area contributed by atoms with Gasteiger partial charge in [-0.1, -0.05) is 11.3 Å². The van der Waals surface area contributed by atoms with Crippen molar-refractivity contribution in [2.24, 2.45) is 0 Å². The van der Waals surface area contributed by atoms with Crippen molar-refractivity contribution in [1.82, 2.24) is 10.2 Å². The molecule has 0 radical (unpaired) electrons. The SMILES string of the molecule is COCC(Nc1nnc(C(F)(F)F)s1)C(=O)O. The number of hydrogen-bond donors (Lipinski definition) is 2. The molecule has 1 aromatic rings. The van der Waals surface area contributed by atoms with Gasteiger partial charge in [-0.15, -0.1) is 10.2 Å². The molecule has 0 saturated carbocycles. The molecule has 0 aromatic carbocycles. The lowest BCUT2D eigenvalue weighted by molar-refractivity contribution is -0.139. The predicted octanol–water partition coefficient (Wildman–Crippen LogP) is 1.07. The number of halogens is 3. The largest absolute Gasteiger partial charge is 0.480 e. The fourth-order valence-electron chi connectivity index (χ4n) is 0.887. The van der Waals surface area contributed by atoms with Crippen LogP contribution in [0.25, 0.3) is 0 Å². The van der Waals surface area contributed by atoms with Crippen LogP contribution in [0.15, 0.2) is 0 Å². The van der Waals surface area contributed by atoms with E-state index in [4.69, 9.17) is 5.11 Å². The number of nitrogens with one attached hydrogen (secondary N) is 1. The van der Waals surface area contributed by atoms with Crippen LogP contribution < -0.4 is 5.32 Å². The molecular formula is C7H8F3N3O3S. The van der Waals surface area contributed by atoms with Crippen molar-refractivity contribution in [3.8, 4) is 0 Å². The first-order valence-electron chi connectivity index (χ1n) is 4.23. The first-order chi connectivity index (χ1) is 7.84. The zero-order valence-corrected chi connectivity index (χ0v) is 9.30. The van der Waals surface area contributed by atoms with E-state index in [1.165, 1.54) is 7.11 Å². The summed E-state index contributed by atoms with van der Waals surface area (Å²) in [6.07, 6.45) is -4.59. The molecule has 0 spiro atoms. The predicted molar refractivity (Wildman–Crippen MR) is 51.8 cm³/mol. The van der Waals surface area contributed by atoms with E-state index >= 15 is 0 Å². The standard InChI is InChI=1S/C7H8F3N3O3S/c1-16-2-3(4(14)15)11-6-13-12-5(17-6)7(8,9)10/h3H,2H2,1H3,(H,11,13)(H,14,15). The van der Waals surface area contributed by atoms with E-state index < -0.39 is 23.2 Å². The summed E-state index contributed by atoms with van der Waals surface area (Å²) in [6.45, 7) is -0.198. The molecule has 1 unspecified atom stereocenters. The van der Waals surface area contributed by atoms with Crippen LogP contribution in [-0.2, 0) is 15.7 Å². The van der Waals surface area contributed by atoms with Gasteiger partial charge in [-0.25, -0.2) is 4.79 Å². The van der Waals surface area contributed by atoms with Crippen LogP contribution in [0.5, 0.6) is 0 Å². The van der Waals surface area contributed by atoms with Crippen molar-refractivity contribution >= 4 is 22.4 Å². The van der Waals surface area contributed by atoms with Crippen LogP contribution in [0.4, 0.5) is 18.3 Å². The summed E-state index contributed by atoms with van der Waals surface area (Å²) in [7, 11) is 1.28. The van der Waals surface area contributed by atoms with Crippen molar-refractivity contribution in [1.29, 1.82) is 0 Å². The number of carboxylic acids is 1. The summed E-state index contributed by atoms with van der Waals surface area (Å²) in [6, 6.07) is -1.17. The lowest BCUT2D eigenvalue weighted by atomic mass is 10.3. The number of aromatic nitrogens is 2. The molecule has 1 atom stereocenters. The number of aliphatic carboxylic acids is 1. The van der Waals surface area contributed by atoms with Gasteiger partial charge in [0.1, 0.15) is 6.04 Å². The highest BCUT2D eigenvalue weighted by Crippen LogP contribution is 2.33. The summed E-state index contributed by atoms with van der Waals surface area (Å²) in [5.41, 5.74) is 0. The summed E-state index contributed by atoms with van der Waals surface area (Å²) in [5, 5.41) is 15.8. The number of carbonyl (C=O) groups is 1. The fourth-order valence-corrected chi connectivity index (χ4v) is 1.55. The van der Waals surface area contributed by atoms with Crippen LogP contribution in [0.3, 0.4) is 0 Å². The maximum Gasteiger partial charge on any atom is 0.445 e. The molecule has 0 fully saturated rings. The lowest BCUT2D eigenvalue weighted by Crippen LogP contribution is -2.33. The van der Waals surface area contributed by atoms with Crippen LogP contribution in [0.2, 0.25) is 0 Å². The van der Waals surface area contributed by atoms with Gasteiger partial charge in [0.05, 0.1) is 6.61 Å². The van der Waals surface area contributed by atoms with Crippen LogP contribution in [0, 0.1) is 0 Å². The minimum atomic E-state index is -4.59. The summed E-state index contributed by atoms with van der Waals surface area (Å²) in [4.78, 5) is 10.7. The molecular weight excluding hydrogens is 263 g/mol. The third-order valence-electron chi connectivity index (χ3n) is 1.60. The van der Waals surface area contributed by atoms with Gasteiger partial charge in [0.2, 0.25) is 10.1 Å². The number of anilines is 1. The molecule has 1 heterocycles. The number of methoxy groups -OCH3 is 1. The highest BCUT2D eigenvalue weighted by atomic mass is 32.1. The Morgan fingerprint density at radius 3 is 2.65 bits per heavy atom. The first-order valence-corrected chi connectivity index (χ1v) is 5.05. The molecule has 1 rings (SSSR count). The zero-order chi connectivity index (χ0) is 13.1. The molecule has 0 saturated heterocycles. The average Bonchev–Trinajstić information content (AvgIpc) is 2.64. The van der Waals surface area contributed by atoms with Gasteiger partial charge in [0, 0.05) is 7.11 Å². The van der Waals surface area contributed by atoms with E-state index in [0.717, 1.165) is 0 Å². The molecule has 0 aliphatic heterocycles. The van der Waals surface area contributed by atoms with Crippen molar-refractivity contribution in [3.63, 3.8) is 0 Å². The molecule has 0 amide bonds. The average molecular weight is 271 g/mol. The third-order valence-corrected chi connectivity index (χ3v) is 2.50. The molecule has 6 nitrogen and oxygen atoms in total. The topological polar surface area (TPSA) is 84.3 Å². The molecule has 0 aliphatic carbocycles. The van der Waals surface area contributed by atoms with E-state index in [-0.39, 0.29) is 23.1 Å². The van der Waals surface area contributed by atoms with E-state index in [2.05, 4.69) is 20.3 Å². The zero-order valence-electron chi connectivity index (χ0n) is 8.48. The number of hydrogen-bond acceptors (Lipinski definition) is 6. The van der Waals surface area contributed by atoms with Gasteiger partial charge in [-0.3, -0.25) is 0 Å². The van der Waals surface area contributed by atoms with E-state index in [0.29, 0.717) is 0 Å². The minimum absolute atomic E-state index is 0.198. The summed E-state index contributed by atoms with van der Waals surface area (Å²) < 4.78 is 41.2. The normalized spacial score (nSPS) is 13.4. The molecule has 1 aromatic heterocycles. The minimum Gasteiger partial charge on any atom is -0.480 e. The number of nitrogens with zero attached hydrogens (tertiary/aromatic N) is 2. The number of ether oxygens (including phenoxy) is 1. The summed E-state index contributed by atoms with van der Waals surface area (Å²) in [5.74, 6) is -1.25. The highest BCUT2D eigenvalue weighted by Gasteiger charge is 2.36. The van der Waals surface area contributed by atoms with E-state index in [9.17, 15) is 18.0 Å². The maximum atomic E-state index is 12.2. The fraction of sp³-hybridized carbons (Fsp3) is 0.571. The van der Waals surface area contributed by atoms with Crippen molar-refractivity contribution < 1.29 is 27.8 Å². The molecule has 2 N–H and O–H groups in total. The van der Waals surface area contributed by atoms with Crippen molar-refractivity contribution in [2.45, 2.75) is 12.2 Å². The Bertz CT molecular complexity index is 395. The highest BCUT2D eigenvalue weighted by molar-refractivity contribution is 7.15. The maximum absolute atomic E-state index is 12.2. The Kier molecular flexibility index (Phi) is 4.23.